The van der Waals surface area contributed by atoms with Crippen molar-refractivity contribution in [2.75, 3.05) is 47.1 Å². The average Bonchev–Trinajstić information content (AvgIpc) is 2.17. The van der Waals surface area contributed by atoms with Gasteiger partial charge in [-0.25, -0.2) is 0 Å². The van der Waals surface area contributed by atoms with E-state index in [1.807, 2.05) is 0 Å². The molecule has 0 spiro atoms. The number of methoxy groups -OCH3 is 1. The van der Waals surface area contributed by atoms with Crippen molar-refractivity contribution in [3.05, 3.63) is 0 Å². The van der Waals surface area contributed by atoms with E-state index in [0.29, 0.717) is 26.4 Å². The molecule has 5 heteroatoms. The van der Waals surface area contributed by atoms with Crippen LogP contribution in [-0.4, -0.2) is 53.1 Å². The molecule has 0 fully saturated rings. The molecule has 0 rings (SSSR count). The highest BCUT2D eigenvalue weighted by molar-refractivity contribution is 5.71. The molecule has 0 atom stereocenters. The monoisotopic (exact) mass is 205 g/mol. The summed E-state index contributed by atoms with van der Waals surface area (Å²) < 4.78 is 14.9. The number of hydrogen-bond acceptors (Lipinski definition) is 5. The number of carbonyl (C=O) groups excluding carboxylic acids is 1. The molecule has 0 saturated carbocycles. The fourth-order valence-corrected chi connectivity index (χ4v) is 0.817. The molecule has 84 valence electrons. The van der Waals surface area contributed by atoms with Gasteiger partial charge in [0, 0.05) is 20.3 Å². The van der Waals surface area contributed by atoms with E-state index in [0.717, 1.165) is 6.42 Å². The van der Waals surface area contributed by atoms with Gasteiger partial charge in [-0.05, 0) is 13.5 Å². The van der Waals surface area contributed by atoms with Crippen molar-refractivity contribution in [2.45, 2.75) is 6.42 Å². The molecular weight excluding hydrogens is 186 g/mol. The minimum absolute atomic E-state index is 0.240. The zero-order valence-electron chi connectivity index (χ0n) is 8.88. The molecule has 0 aliphatic heterocycles. The molecule has 0 aromatic heterocycles. The summed E-state index contributed by atoms with van der Waals surface area (Å²) >= 11 is 0. The van der Waals surface area contributed by atoms with Crippen LogP contribution >= 0.6 is 0 Å². The third-order valence-corrected chi connectivity index (χ3v) is 1.45. The van der Waals surface area contributed by atoms with Crippen LogP contribution in [0.25, 0.3) is 0 Å². The van der Waals surface area contributed by atoms with E-state index < -0.39 is 0 Å². The summed E-state index contributed by atoms with van der Waals surface area (Å²) in [6.07, 6.45) is 0.862. The molecule has 1 N–H and O–H groups in total. The maximum absolute atomic E-state index is 10.8. The van der Waals surface area contributed by atoms with Gasteiger partial charge in [-0.1, -0.05) is 0 Å². The van der Waals surface area contributed by atoms with Gasteiger partial charge in [0.25, 0.3) is 0 Å². The topological polar surface area (TPSA) is 56.8 Å². The van der Waals surface area contributed by atoms with Gasteiger partial charge in [-0.15, -0.1) is 0 Å². The van der Waals surface area contributed by atoms with E-state index in [9.17, 15) is 4.79 Å². The molecule has 0 bridgehead atoms. The molecule has 5 nitrogen and oxygen atoms in total. The number of likely N-dealkylation sites (N-methyl/N-ethyl adjacent to an activating group) is 1. The van der Waals surface area contributed by atoms with Crippen molar-refractivity contribution in [2.24, 2.45) is 0 Å². The van der Waals surface area contributed by atoms with Crippen molar-refractivity contribution < 1.29 is 19.0 Å². The van der Waals surface area contributed by atoms with Gasteiger partial charge in [-0.3, -0.25) is 4.79 Å². The first-order valence-corrected chi connectivity index (χ1v) is 4.68. The minimum atomic E-state index is -0.256. The fourth-order valence-electron chi connectivity index (χ4n) is 0.817. The smallest absolute Gasteiger partial charge is 0.319 e. The van der Waals surface area contributed by atoms with Crippen LogP contribution in [0.4, 0.5) is 0 Å². The summed E-state index contributed by atoms with van der Waals surface area (Å²) in [5, 5.41) is 2.70. The number of carbonyl (C=O) groups is 1. The molecule has 0 saturated heterocycles. The highest BCUT2D eigenvalue weighted by Crippen LogP contribution is 1.84. The molecule has 0 aromatic carbocycles. The minimum Gasteiger partial charge on any atom is -0.462 e. The summed E-state index contributed by atoms with van der Waals surface area (Å²) in [4.78, 5) is 10.8. The maximum Gasteiger partial charge on any atom is 0.319 e. The molecule has 14 heavy (non-hydrogen) atoms. The highest BCUT2D eigenvalue weighted by atomic mass is 16.6. The molecule has 0 unspecified atom stereocenters. The lowest BCUT2D eigenvalue weighted by molar-refractivity contribution is -0.144. The first kappa shape index (κ1) is 13.4. The Kier molecular flexibility index (Phi) is 9.95. The normalized spacial score (nSPS) is 10.1. The Bertz CT molecular complexity index is 141. The van der Waals surface area contributed by atoms with Gasteiger partial charge >= 0.3 is 5.97 Å². The Balaban J connectivity index is 3.01. The Morgan fingerprint density at radius 2 is 2.00 bits per heavy atom. The van der Waals surface area contributed by atoms with Crippen LogP contribution < -0.4 is 5.32 Å². The summed E-state index contributed by atoms with van der Waals surface area (Å²) in [6.45, 7) is 2.33. The zero-order valence-corrected chi connectivity index (χ0v) is 8.88. The number of ether oxygens (including phenoxy) is 3. The molecular formula is C9H19NO4. The van der Waals surface area contributed by atoms with Crippen molar-refractivity contribution >= 4 is 5.97 Å². The second-order valence-corrected chi connectivity index (χ2v) is 2.71. The summed E-state index contributed by atoms with van der Waals surface area (Å²) in [6, 6.07) is 0. The van der Waals surface area contributed by atoms with Gasteiger partial charge < -0.3 is 19.5 Å². The van der Waals surface area contributed by atoms with Gasteiger partial charge in [0.05, 0.1) is 13.2 Å². The standard InChI is InChI=1S/C9H19NO4/c1-10-8-9(11)14-7-6-13-5-3-4-12-2/h10H,3-8H2,1-2H3. The van der Waals surface area contributed by atoms with Gasteiger partial charge in [0.2, 0.25) is 0 Å². The quantitative estimate of drug-likeness (QED) is 0.417. The highest BCUT2D eigenvalue weighted by Gasteiger charge is 1.98. The van der Waals surface area contributed by atoms with Gasteiger partial charge in [-0.2, -0.15) is 0 Å². The predicted octanol–water partition coefficient (Wildman–Crippen LogP) is -0.198. The first-order valence-electron chi connectivity index (χ1n) is 4.68. The molecule has 0 radical (unpaired) electrons. The predicted molar refractivity (Wildman–Crippen MR) is 52.2 cm³/mol. The second kappa shape index (κ2) is 10.4. The van der Waals surface area contributed by atoms with Crippen molar-refractivity contribution in [3.8, 4) is 0 Å². The van der Waals surface area contributed by atoms with Gasteiger partial charge in [0.15, 0.2) is 0 Å². The van der Waals surface area contributed by atoms with E-state index in [2.05, 4.69) is 5.32 Å². The van der Waals surface area contributed by atoms with Crippen LogP contribution in [0.15, 0.2) is 0 Å². The maximum atomic E-state index is 10.8. The van der Waals surface area contributed by atoms with Crippen molar-refractivity contribution in [1.29, 1.82) is 0 Å². The summed E-state index contributed by atoms with van der Waals surface area (Å²) in [5.74, 6) is -0.256. The SMILES string of the molecule is CNCC(=O)OCCOCCCOC. The van der Waals surface area contributed by atoms with Crippen LogP contribution in [0, 0.1) is 0 Å². The summed E-state index contributed by atoms with van der Waals surface area (Å²) in [5.41, 5.74) is 0. The Morgan fingerprint density at radius 3 is 2.64 bits per heavy atom. The van der Waals surface area contributed by atoms with E-state index in [4.69, 9.17) is 14.2 Å². The largest absolute Gasteiger partial charge is 0.462 e. The fraction of sp³-hybridized carbons (Fsp3) is 0.889. The van der Waals surface area contributed by atoms with E-state index in [1.54, 1.807) is 14.2 Å². The summed E-state index contributed by atoms with van der Waals surface area (Å²) in [7, 11) is 3.35. The lowest BCUT2D eigenvalue weighted by atomic mass is 10.5. The third-order valence-electron chi connectivity index (χ3n) is 1.45. The molecule has 0 aliphatic rings. The van der Waals surface area contributed by atoms with E-state index >= 15 is 0 Å². The van der Waals surface area contributed by atoms with Gasteiger partial charge in [0.1, 0.15) is 6.61 Å². The van der Waals surface area contributed by atoms with Crippen LogP contribution in [0.2, 0.25) is 0 Å². The second-order valence-electron chi connectivity index (χ2n) is 2.71. The van der Waals surface area contributed by atoms with Crippen LogP contribution in [0.5, 0.6) is 0 Å². The van der Waals surface area contributed by atoms with Crippen molar-refractivity contribution in [1.82, 2.24) is 5.32 Å². The zero-order chi connectivity index (χ0) is 10.6. The van der Waals surface area contributed by atoms with Crippen LogP contribution in [-0.2, 0) is 19.0 Å². The van der Waals surface area contributed by atoms with Crippen LogP contribution in [0.3, 0.4) is 0 Å². The molecule has 0 aliphatic carbocycles. The Morgan fingerprint density at radius 1 is 1.21 bits per heavy atom. The van der Waals surface area contributed by atoms with Crippen molar-refractivity contribution in [3.63, 3.8) is 0 Å². The Hall–Kier alpha value is -0.650. The third kappa shape index (κ3) is 9.44. The lowest BCUT2D eigenvalue weighted by Crippen LogP contribution is -2.22. The van der Waals surface area contributed by atoms with E-state index in [-0.39, 0.29) is 12.5 Å². The number of esters is 1. The number of rotatable bonds is 9. The van der Waals surface area contributed by atoms with E-state index in [1.165, 1.54) is 0 Å². The number of nitrogens with one attached hydrogen (secondary N) is 1. The average molecular weight is 205 g/mol. The molecule has 0 aromatic rings. The van der Waals surface area contributed by atoms with Crippen LogP contribution in [0.1, 0.15) is 6.42 Å². The molecule has 0 amide bonds. The number of hydrogen-bond donors (Lipinski definition) is 1. The molecule has 0 heterocycles. The lowest BCUT2D eigenvalue weighted by Gasteiger charge is -2.05. The Labute approximate surface area is 84.7 Å². The first-order chi connectivity index (χ1) is 6.81.